The molecular formula is C15H26CuN4O7. The second-order valence-corrected chi connectivity index (χ2v) is 4.97. The average molecular weight is 438 g/mol. The Morgan fingerprint density at radius 2 is 1.11 bits per heavy atom. The Hall–Kier alpha value is -2.24. The van der Waals surface area contributed by atoms with Crippen molar-refractivity contribution < 1.29 is 53.3 Å². The summed E-state index contributed by atoms with van der Waals surface area (Å²) in [5, 5.41) is 17.9. The van der Waals surface area contributed by atoms with Gasteiger partial charge in [0, 0.05) is 30.7 Å². The molecule has 2 aromatic rings. The maximum Gasteiger partial charge on any atom is 2.00 e. The average Bonchev–Trinajstić information content (AvgIpc) is 3.03. The van der Waals surface area contributed by atoms with Crippen molar-refractivity contribution in [3.8, 4) is 0 Å². The van der Waals surface area contributed by atoms with Gasteiger partial charge in [0.05, 0.1) is 23.3 Å². The zero-order valence-electron chi connectivity index (χ0n) is 15.5. The van der Waals surface area contributed by atoms with Gasteiger partial charge in [-0.15, -0.1) is 0 Å². The Morgan fingerprint density at radius 1 is 0.815 bits per heavy atom. The second-order valence-electron chi connectivity index (χ2n) is 4.97. The Bertz CT molecular complexity index is 642. The van der Waals surface area contributed by atoms with E-state index >= 15 is 0 Å². The number of carbonyl (C=O) groups excluding carboxylic acids is 2. The van der Waals surface area contributed by atoms with E-state index in [9.17, 15) is 0 Å². The number of carboxylic acid groups (broad SMARTS) is 2. The molecule has 0 atom stereocenters. The first-order chi connectivity index (χ1) is 10.8. The SMILES string of the molecule is CCc1nc(Cc2nc(CC)[nH]c2C)c(C)[nH]1.O.O.O.O=C([O-])C(=O)[O-].[Cu+2]. The van der Waals surface area contributed by atoms with Crippen LogP contribution >= 0.6 is 0 Å². The summed E-state index contributed by atoms with van der Waals surface area (Å²) in [6, 6.07) is 0. The molecule has 0 aliphatic carbocycles. The van der Waals surface area contributed by atoms with Gasteiger partial charge in [0.15, 0.2) is 0 Å². The number of nitrogens with one attached hydrogen (secondary N) is 2. The fourth-order valence-electron chi connectivity index (χ4n) is 1.96. The maximum absolute atomic E-state index is 8.93. The molecule has 0 saturated heterocycles. The predicted octanol–water partition coefficient (Wildman–Crippen LogP) is -3.53. The van der Waals surface area contributed by atoms with Gasteiger partial charge in [0.25, 0.3) is 0 Å². The van der Waals surface area contributed by atoms with Gasteiger partial charge in [-0.3, -0.25) is 0 Å². The maximum atomic E-state index is 8.93. The Labute approximate surface area is 167 Å². The minimum absolute atomic E-state index is 0. The number of H-pyrrole nitrogens is 2. The van der Waals surface area contributed by atoms with Crippen molar-refractivity contribution in [1.82, 2.24) is 19.9 Å². The molecular weight excluding hydrogens is 412 g/mol. The van der Waals surface area contributed by atoms with Crippen LogP contribution in [0.5, 0.6) is 0 Å². The fraction of sp³-hybridized carbons (Fsp3) is 0.467. The van der Waals surface area contributed by atoms with Crippen LogP contribution in [0.1, 0.15) is 48.3 Å². The van der Waals surface area contributed by atoms with E-state index in [2.05, 4.69) is 47.6 Å². The van der Waals surface area contributed by atoms with Crippen LogP contribution in [0.15, 0.2) is 0 Å². The van der Waals surface area contributed by atoms with Crippen LogP contribution < -0.4 is 10.2 Å². The quantitative estimate of drug-likeness (QED) is 0.362. The summed E-state index contributed by atoms with van der Waals surface area (Å²) < 4.78 is 0. The molecule has 12 heteroatoms. The topological polar surface area (TPSA) is 232 Å². The predicted molar refractivity (Wildman–Crippen MR) is 89.1 cm³/mol. The normalized spacial score (nSPS) is 8.59. The number of aryl methyl sites for hydroxylation is 4. The van der Waals surface area contributed by atoms with Gasteiger partial charge < -0.3 is 46.2 Å². The molecule has 0 aromatic carbocycles. The van der Waals surface area contributed by atoms with Crippen molar-refractivity contribution in [3.05, 3.63) is 34.4 Å². The molecule has 11 nitrogen and oxygen atoms in total. The van der Waals surface area contributed by atoms with E-state index in [4.69, 9.17) is 19.8 Å². The number of hydrogen-bond acceptors (Lipinski definition) is 6. The van der Waals surface area contributed by atoms with Crippen LogP contribution in [0.3, 0.4) is 0 Å². The molecule has 0 spiro atoms. The van der Waals surface area contributed by atoms with E-state index in [-0.39, 0.29) is 33.5 Å². The molecule has 0 saturated carbocycles. The molecule has 0 amide bonds. The Balaban J connectivity index is -0.000000234. The number of aromatic amines is 2. The number of aromatic nitrogens is 4. The van der Waals surface area contributed by atoms with E-state index in [1.165, 1.54) is 0 Å². The number of imidazole rings is 2. The third kappa shape index (κ3) is 9.87. The van der Waals surface area contributed by atoms with Crippen LogP contribution in [-0.2, 0) is 45.9 Å². The summed E-state index contributed by atoms with van der Waals surface area (Å²) in [5.41, 5.74) is 4.53. The summed E-state index contributed by atoms with van der Waals surface area (Å²) in [6.45, 7) is 8.36. The Kier molecular flexibility index (Phi) is 17.9. The number of carbonyl (C=O) groups is 2. The number of nitrogens with zero attached hydrogens (tertiary/aromatic N) is 2. The largest absolute Gasteiger partial charge is 2.00 e. The molecule has 0 bridgehead atoms. The van der Waals surface area contributed by atoms with E-state index in [1.54, 1.807) is 0 Å². The van der Waals surface area contributed by atoms with Gasteiger partial charge in [0.1, 0.15) is 11.6 Å². The van der Waals surface area contributed by atoms with E-state index in [1.807, 2.05) is 0 Å². The standard InChI is InChI=1S/C13H20N4.C2H2O4.Cu.3H2O/c1-5-12-14-8(3)10(16-12)7-11-9(4)15-13(6-2)17-11;3-1(4)2(5)6;;;;/h5-7H2,1-4H3,(H,14,16)(H,15,17);(H,3,4)(H,5,6);;3*1H2/q;;+2;;;/p-2. The van der Waals surface area contributed by atoms with Crippen molar-refractivity contribution >= 4 is 11.9 Å². The third-order valence-electron chi connectivity index (χ3n) is 3.24. The van der Waals surface area contributed by atoms with E-state index < -0.39 is 11.9 Å². The van der Waals surface area contributed by atoms with Gasteiger partial charge >= 0.3 is 17.1 Å². The van der Waals surface area contributed by atoms with Gasteiger partial charge in [-0.1, -0.05) is 13.8 Å². The van der Waals surface area contributed by atoms with Crippen molar-refractivity contribution in [2.24, 2.45) is 0 Å². The molecule has 8 N–H and O–H groups in total. The molecule has 159 valence electrons. The molecule has 2 heterocycles. The first-order valence-electron chi connectivity index (χ1n) is 7.29. The van der Waals surface area contributed by atoms with Crippen LogP contribution in [0.2, 0.25) is 0 Å². The summed E-state index contributed by atoms with van der Waals surface area (Å²) >= 11 is 0. The molecule has 2 rings (SSSR count). The number of carboxylic acids is 2. The number of aliphatic carboxylic acids is 2. The van der Waals surface area contributed by atoms with Gasteiger partial charge in [0.2, 0.25) is 0 Å². The van der Waals surface area contributed by atoms with Crippen molar-refractivity contribution in [2.75, 3.05) is 0 Å². The molecule has 1 radical (unpaired) electrons. The van der Waals surface area contributed by atoms with Gasteiger partial charge in [-0.25, -0.2) is 9.97 Å². The molecule has 0 aliphatic rings. The smallest absolute Gasteiger partial charge is 0.543 e. The number of rotatable bonds is 4. The van der Waals surface area contributed by atoms with Crippen LogP contribution in [-0.4, -0.2) is 48.3 Å². The van der Waals surface area contributed by atoms with Crippen LogP contribution in [0.4, 0.5) is 0 Å². The monoisotopic (exact) mass is 437 g/mol. The zero-order valence-corrected chi connectivity index (χ0v) is 16.4. The molecule has 2 aromatic heterocycles. The van der Waals surface area contributed by atoms with Gasteiger partial charge in [-0.2, -0.15) is 0 Å². The molecule has 0 unspecified atom stereocenters. The zero-order chi connectivity index (χ0) is 17.6. The van der Waals surface area contributed by atoms with Crippen molar-refractivity contribution in [2.45, 2.75) is 47.0 Å². The fourth-order valence-corrected chi connectivity index (χ4v) is 1.96. The van der Waals surface area contributed by atoms with Gasteiger partial charge in [-0.05, 0) is 13.8 Å². The molecule has 27 heavy (non-hydrogen) atoms. The third-order valence-corrected chi connectivity index (χ3v) is 3.24. The van der Waals surface area contributed by atoms with E-state index in [0.29, 0.717) is 0 Å². The van der Waals surface area contributed by atoms with Crippen molar-refractivity contribution in [1.29, 1.82) is 0 Å². The van der Waals surface area contributed by atoms with Crippen molar-refractivity contribution in [3.63, 3.8) is 0 Å². The second kappa shape index (κ2) is 14.9. The number of hydrogen-bond donors (Lipinski definition) is 2. The molecule has 0 aliphatic heterocycles. The Morgan fingerprint density at radius 3 is 1.30 bits per heavy atom. The minimum Gasteiger partial charge on any atom is -0.543 e. The summed E-state index contributed by atoms with van der Waals surface area (Å²) in [6.07, 6.45) is 2.70. The van der Waals surface area contributed by atoms with Crippen LogP contribution in [0, 0.1) is 13.8 Å². The summed E-state index contributed by atoms with van der Waals surface area (Å²) in [7, 11) is 0. The first kappa shape index (κ1) is 32.4. The summed E-state index contributed by atoms with van der Waals surface area (Å²) in [5.74, 6) is -2.26. The summed E-state index contributed by atoms with van der Waals surface area (Å²) in [4.78, 5) is 33.6. The van der Waals surface area contributed by atoms with E-state index in [0.717, 1.165) is 53.7 Å². The van der Waals surface area contributed by atoms with Crippen LogP contribution in [0.25, 0.3) is 0 Å². The first-order valence-corrected chi connectivity index (χ1v) is 7.29. The minimum atomic E-state index is -2.19. The molecule has 0 fully saturated rings.